The number of allylic oxidation sites excluding steroid dienone is 1. The molecular weight excluding hydrogens is 232 g/mol. The lowest BCUT2D eigenvalue weighted by Gasteiger charge is -2.25. The van der Waals surface area contributed by atoms with Gasteiger partial charge in [-0.2, -0.15) is 0 Å². The van der Waals surface area contributed by atoms with E-state index in [0.29, 0.717) is 18.8 Å². The second-order valence-corrected chi connectivity index (χ2v) is 5.72. The summed E-state index contributed by atoms with van der Waals surface area (Å²) in [7, 11) is 0. The van der Waals surface area contributed by atoms with Crippen LogP contribution in [0.4, 0.5) is 4.79 Å². The predicted molar refractivity (Wildman–Crippen MR) is 68.9 cm³/mol. The summed E-state index contributed by atoms with van der Waals surface area (Å²) in [5.74, 6) is 0.466. The van der Waals surface area contributed by atoms with E-state index in [2.05, 4.69) is 11.9 Å². The minimum Gasteiger partial charge on any atom is -0.416 e. The highest BCUT2D eigenvalue weighted by atomic mass is 16.6. The Morgan fingerprint density at radius 2 is 2.00 bits per heavy atom. The zero-order valence-electron chi connectivity index (χ0n) is 11.6. The second kappa shape index (κ2) is 5.42. The van der Waals surface area contributed by atoms with Crippen LogP contribution in [0.15, 0.2) is 12.3 Å². The maximum absolute atomic E-state index is 12.0. The summed E-state index contributed by atoms with van der Waals surface area (Å²) in [4.78, 5) is 25.2. The van der Waals surface area contributed by atoms with Crippen molar-refractivity contribution in [3.8, 4) is 0 Å². The molecule has 1 heterocycles. The van der Waals surface area contributed by atoms with Crippen LogP contribution in [-0.4, -0.2) is 36.0 Å². The Kier molecular flexibility index (Phi) is 4.38. The summed E-state index contributed by atoms with van der Waals surface area (Å²) < 4.78 is 4.83. The van der Waals surface area contributed by atoms with Crippen molar-refractivity contribution in [2.24, 2.45) is 5.41 Å². The maximum atomic E-state index is 12.0. The van der Waals surface area contributed by atoms with E-state index < -0.39 is 6.09 Å². The molecule has 102 valence electrons. The van der Waals surface area contributed by atoms with Gasteiger partial charge in [-0.3, -0.25) is 4.79 Å². The van der Waals surface area contributed by atoms with Gasteiger partial charge in [-0.05, 0) is 13.3 Å². The molecule has 1 saturated heterocycles. The topological polar surface area (TPSA) is 58.6 Å². The van der Waals surface area contributed by atoms with Gasteiger partial charge in [-0.1, -0.05) is 27.4 Å². The lowest BCUT2D eigenvalue weighted by molar-refractivity contribution is -0.138. The van der Waals surface area contributed by atoms with Crippen LogP contribution < -0.4 is 5.32 Å². The van der Waals surface area contributed by atoms with Gasteiger partial charge in [0.15, 0.2) is 0 Å². The normalized spacial score (nSPS) is 19.6. The van der Waals surface area contributed by atoms with Gasteiger partial charge in [0.2, 0.25) is 5.91 Å². The molecule has 1 fully saturated rings. The third-order valence-electron chi connectivity index (χ3n) is 2.71. The molecule has 1 N–H and O–H groups in total. The van der Waals surface area contributed by atoms with Crippen LogP contribution in [0.2, 0.25) is 0 Å². The van der Waals surface area contributed by atoms with Crippen LogP contribution in [0.3, 0.4) is 0 Å². The molecule has 0 aromatic carbocycles. The van der Waals surface area contributed by atoms with Crippen molar-refractivity contribution in [3.63, 3.8) is 0 Å². The highest BCUT2D eigenvalue weighted by Gasteiger charge is 2.33. The number of alkyl carbamates (subject to hydrolysis) is 1. The smallest absolute Gasteiger partial charge is 0.412 e. The Hall–Kier alpha value is -1.52. The van der Waals surface area contributed by atoms with Gasteiger partial charge in [0.05, 0.1) is 11.8 Å². The van der Waals surface area contributed by atoms with E-state index in [0.717, 1.165) is 6.42 Å². The van der Waals surface area contributed by atoms with E-state index in [-0.39, 0.29) is 17.4 Å². The third-order valence-corrected chi connectivity index (χ3v) is 2.71. The Balaban J connectivity index is 2.45. The second-order valence-electron chi connectivity index (χ2n) is 5.72. The van der Waals surface area contributed by atoms with Crippen LogP contribution in [0.25, 0.3) is 0 Å². The van der Waals surface area contributed by atoms with E-state index in [1.54, 1.807) is 11.8 Å². The van der Waals surface area contributed by atoms with Crippen molar-refractivity contribution in [1.82, 2.24) is 10.2 Å². The number of amides is 2. The van der Waals surface area contributed by atoms with Gasteiger partial charge >= 0.3 is 6.09 Å². The number of likely N-dealkylation sites (tertiary alicyclic amines) is 1. The quantitative estimate of drug-likeness (QED) is 0.766. The average Bonchev–Trinajstić information content (AvgIpc) is 2.61. The van der Waals surface area contributed by atoms with Gasteiger partial charge in [-0.25, -0.2) is 4.79 Å². The van der Waals surface area contributed by atoms with Crippen molar-refractivity contribution in [2.45, 2.75) is 40.2 Å². The van der Waals surface area contributed by atoms with E-state index in [1.807, 2.05) is 20.8 Å². The molecule has 0 aromatic rings. The first-order chi connectivity index (χ1) is 8.20. The lowest BCUT2D eigenvalue weighted by atomic mass is 9.95. The highest BCUT2D eigenvalue weighted by Crippen LogP contribution is 2.21. The fourth-order valence-electron chi connectivity index (χ4n) is 1.89. The molecule has 18 heavy (non-hydrogen) atoms. The average molecular weight is 254 g/mol. The molecule has 0 bridgehead atoms. The summed E-state index contributed by atoms with van der Waals surface area (Å²) in [5, 5.41) is 2.73. The first-order valence-corrected chi connectivity index (χ1v) is 6.13. The van der Waals surface area contributed by atoms with E-state index >= 15 is 0 Å². The van der Waals surface area contributed by atoms with Gasteiger partial charge < -0.3 is 15.0 Å². The summed E-state index contributed by atoms with van der Waals surface area (Å²) in [6.45, 7) is 12.0. The van der Waals surface area contributed by atoms with Crippen LogP contribution in [0.5, 0.6) is 0 Å². The number of hydrogen-bond acceptors (Lipinski definition) is 3. The maximum Gasteiger partial charge on any atom is 0.412 e. The van der Waals surface area contributed by atoms with Crippen LogP contribution in [0.1, 0.15) is 34.1 Å². The molecule has 0 radical (unpaired) electrons. The number of nitrogens with zero attached hydrogens (tertiary/aromatic N) is 1. The Morgan fingerprint density at radius 3 is 2.50 bits per heavy atom. The standard InChI is InChI=1S/C13H22N2O3/c1-9(2)18-12(17)14-10-6-7-15(8-10)11(16)13(3,4)5/h10H,1,6-8H2,2-5H3,(H,14,17). The number of rotatable bonds is 2. The van der Waals surface area contributed by atoms with Crippen molar-refractivity contribution < 1.29 is 14.3 Å². The molecule has 5 nitrogen and oxygen atoms in total. The zero-order valence-corrected chi connectivity index (χ0v) is 11.6. The number of carbonyl (C=O) groups excluding carboxylic acids is 2. The molecule has 1 rings (SSSR count). The summed E-state index contributed by atoms with van der Waals surface area (Å²) in [6, 6.07) is -0.0388. The van der Waals surface area contributed by atoms with Crippen molar-refractivity contribution in [1.29, 1.82) is 0 Å². The van der Waals surface area contributed by atoms with Gasteiger partial charge in [0.1, 0.15) is 0 Å². The highest BCUT2D eigenvalue weighted by molar-refractivity contribution is 5.82. The van der Waals surface area contributed by atoms with Crippen molar-refractivity contribution in [2.75, 3.05) is 13.1 Å². The molecule has 0 aliphatic carbocycles. The van der Waals surface area contributed by atoms with Gasteiger partial charge in [0, 0.05) is 18.5 Å². The fraction of sp³-hybridized carbons (Fsp3) is 0.692. The number of nitrogens with one attached hydrogen (secondary N) is 1. The molecule has 0 saturated carbocycles. The SMILES string of the molecule is C=C(C)OC(=O)NC1CCN(C(=O)C(C)(C)C)C1. The molecule has 1 aliphatic heterocycles. The van der Waals surface area contributed by atoms with E-state index in [9.17, 15) is 9.59 Å². The Labute approximate surface area is 108 Å². The number of hydrogen-bond donors (Lipinski definition) is 1. The van der Waals surface area contributed by atoms with E-state index in [4.69, 9.17) is 4.74 Å². The first-order valence-electron chi connectivity index (χ1n) is 6.13. The Bertz CT molecular complexity index is 358. The third kappa shape index (κ3) is 4.05. The van der Waals surface area contributed by atoms with Crippen LogP contribution >= 0.6 is 0 Å². The van der Waals surface area contributed by atoms with Crippen LogP contribution in [0, 0.1) is 5.41 Å². The molecule has 5 heteroatoms. The molecule has 1 atom stereocenters. The molecule has 0 aromatic heterocycles. The Morgan fingerprint density at radius 1 is 1.39 bits per heavy atom. The van der Waals surface area contributed by atoms with Crippen LogP contribution in [-0.2, 0) is 9.53 Å². The zero-order chi connectivity index (χ0) is 13.9. The monoisotopic (exact) mass is 254 g/mol. The minimum atomic E-state index is -0.502. The summed E-state index contributed by atoms with van der Waals surface area (Å²) in [5.41, 5.74) is -0.382. The molecular formula is C13H22N2O3. The molecule has 2 amide bonds. The number of ether oxygens (including phenoxy) is 1. The minimum absolute atomic E-state index is 0.0388. The van der Waals surface area contributed by atoms with Crippen molar-refractivity contribution >= 4 is 12.0 Å². The summed E-state index contributed by atoms with van der Waals surface area (Å²) in [6.07, 6.45) is 0.255. The van der Waals surface area contributed by atoms with Gasteiger partial charge in [0.25, 0.3) is 0 Å². The van der Waals surface area contributed by atoms with Gasteiger partial charge in [-0.15, -0.1) is 0 Å². The lowest BCUT2D eigenvalue weighted by Crippen LogP contribution is -2.41. The predicted octanol–water partition coefficient (Wildman–Crippen LogP) is 1.89. The van der Waals surface area contributed by atoms with Crippen molar-refractivity contribution in [3.05, 3.63) is 12.3 Å². The fourth-order valence-corrected chi connectivity index (χ4v) is 1.89. The summed E-state index contributed by atoms with van der Waals surface area (Å²) >= 11 is 0. The molecule has 0 spiro atoms. The molecule has 1 aliphatic rings. The molecule has 1 unspecified atom stereocenters. The largest absolute Gasteiger partial charge is 0.416 e. The van der Waals surface area contributed by atoms with E-state index in [1.165, 1.54) is 0 Å². The number of carbonyl (C=O) groups is 2. The first kappa shape index (κ1) is 14.5.